The van der Waals surface area contributed by atoms with Crippen molar-refractivity contribution < 1.29 is 29.4 Å². The monoisotopic (exact) mass is 405 g/mol. The Labute approximate surface area is 164 Å². The van der Waals surface area contributed by atoms with E-state index in [0.29, 0.717) is 5.57 Å². The summed E-state index contributed by atoms with van der Waals surface area (Å²) >= 11 is 1.44. The zero-order chi connectivity index (χ0) is 20.4. The number of hydrazine groups is 1. The molecule has 2 aliphatic heterocycles. The molecule has 2 aliphatic rings. The predicted molar refractivity (Wildman–Crippen MR) is 99.0 cm³/mol. The highest BCUT2D eigenvalue weighted by Gasteiger charge is 2.47. The van der Waals surface area contributed by atoms with Gasteiger partial charge in [-0.2, -0.15) is 0 Å². The molecule has 2 amide bonds. The first kappa shape index (κ1) is 19.8. The summed E-state index contributed by atoms with van der Waals surface area (Å²) < 4.78 is 0. The largest absolute Gasteiger partial charge is 0.481 e. The Balaban J connectivity index is 1.78. The van der Waals surface area contributed by atoms with Gasteiger partial charge in [0, 0.05) is 18.0 Å². The van der Waals surface area contributed by atoms with Gasteiger partial charge in [-0.1, -0.05) is 12.1 Å². The molecule has 3 N–H and O–H groups in total. The van der Waals surface area contributed by atoms with Gasteiger partial charge in [-0.25, -0.2) is 10.0 Å². The number of amides is 2. The van der Waals surface area contributed by atoms with E-state index in [2.05, 4.69) is 11.9 Å². The minimum atomic E-state index is -1.18. The van der Waals surface area contributed by atoms with Crippen molar-refractivity contribution in [3.05, 3.63) is 46.3 Å². The summed E-state index contributed by atoms with van der Waals surface area (Å²) in [5, 5.41) is 25.9. The fourth-order valence-corrected chi connectivity index (χ4v) is 4.15. The Morgan fingerprint density at radius 2 is 2.11 bits per heavy atom. The maximum atomic E-state index is 12.8. The van der Waals surface area contributed by atoms with Gasteiger partial charge in [-0.15, -0.1) is 17.9 Å². The molecule has 10 heteroatoms. The van der Waals surface area contributed by atoms with Gasteiger partial charge in [0.25, 0.3) is 5.91 Å². The number of carboxylic acids is 2. The number of carboxylic acid groups (broad SMARTS) is 2. The van der Waals surface area contributed by atoms with E-state index in [4.69, 9.17) is 0 Å². The number of carbonyl (C=O) groups excluding carboxylic acids is 2. The van der Waals surface area contributed by atoms with Crippen LogP contribution in [-0.2, 0) is 25.6 Å². The molecule has 28 heavy (non-hydrogen) atoms. The molecule has 3 rings (SSSR count). The Hall–Kier alpha value is -2.98. The molecule has 1 fully saturated rings. The molecule has 1 aromatic heterocycles. The van der Waals surface area contributed by atoms with Gasteiger partial charge in [-0.3, -0.25) is 19.2 Å². The van der Waals surface area contributed by atoms with E-state index in [1.54, 1.807) is 5.01 Å². The maximum absolute atomic E-state index is 12.8. The number of nitrogens with zero attached hydrogens (tertiary/aromatic N) is 2. The Bertz CT molecular complexity index is 863. The van der Waals surface area contributed by atoms with Gasteiger partial charge in [0.05, 0.1) is 24.5 Å². The molecule has 0 aromatic carbocycles. The smallest absolute Gasteiger partial charge is 0.314 e. The number of hydrogen-bond acceptors (Lipinski definition) is 6. The van der Waals surface area contributed by atoms with Crippen LogP contribution in [0.1, 0.15) is 11.3 Å². The second kappa shape index (κ2) is 7.95. The highest BCUT2D eigenvalue weighted by molar-refractivity contribution is 7.10. The van der Waals surface area contributed by atoms with Gasteiger partial charge in [0.1, 0.15) is 6.04 Å². The highest BCUT2D eigenvalue weighted by atomic mass is 32.1. The first-order valence-electron chi connectivity index (χ1n) is 8.51. The lowest BCUT2D eigenvalue weighted by Crippen LogP contribution is -2.43. The number of aliphatic carboxylic acids is 2. The first-order valence-corrected chi connectivity index (χ1v) is 9.39. The summed E-state index contributed by atoms with van der Waals surface area (Å²) in [6.45, 7) is 3.74. The first-order chi connectivity index (χ1) is 13.3. The standard InChI is InChI=1S/C18H19N3O6S/c1-2-11(18(26)27)12-8-20-9-13(17(25)21(20)14(12)7-16(23)24)19-15(22)6-10-4-3-5-28-10/h2-5,11,13H,1,6-9H2,(H,19,22)(H,23,24)(H,26,27)/t11?,13-/m0/s1. The van der Waals surface area contributed by atoms with Crippen molar-refractivity contribution in [2.24, 2.45) is 5.92 Å². The van der Waals surface area contributed by atoms with Crippen molar-refractivity contribution in [2.75, 3.05) is 13.1 Å². The van der Waals surface area contributed by atoms with E-state index in [1.807, 2.05) is 17.5 Å². The second-order valence-corrected chi connectivity index (χ2v) is 7.50. The Kier molecular flexibility index (Phi) is 5.61. The number of carbonyl (C=O) groups is 4. The van der Waals surface area contributed by atoms with E-state index < -0.39 is 36.2 Å². The van der Waals surface area contributed by atoms with Crippen LogP contribution in [0, 0.1) is 5.92 Å². The molecule has 0 bridgehead atoms. The molecule has 0 radical (unpaired) electrons. The van der Waals surface area contributed by atoms with Crippen molar-refractivity contribution in [2.45, 2.75) is 18.9 Å². The zero-order valence-electron chi connectivity index (χ0n) is 14.8. The summed E-state index contributed by atoms with van der Waals surface area (Å²) in [5.41, 5.74) is 0.446. The minimum Gasteiger partial charge on any atom is -0.481 e. The number of rotatable bonds is 8. The molecule has 0 aliphatic carbocycles. The third-order valence-electron chi connectivity index (χ3n) is 4.61. The summed E-state index contributed by atoms with van der Waals surface area (Å²) in [7, 11) is 0. The van der Waals surface area contributed by atoms with Gasteiger partial charge >= 0.3 is 11.9 Å². The van der Waals surface area contributed by atoms with Gasteiger partial charge in [-0.05, 0) is 17.0 Å². The van der Waals surface area contributed by atoms with Gasteiger partial charge < -0.3 is 15.5 Å². The van der Waals surface area contributed by atoms with E-state index >= 15 is 0 Å². The predicted octanol–water partition coefficient (Wildman–Crippen LogP) is 0.464. The van der Waals surface area contributed by atoms with Crippen LogP contribution in [-0.4, -0.2) is 63.1 Å². The van der Waals surface area contributed by atoms with Crippen LogP contribution < -0.4 is 5.32 Å². The van der Waals surface area contributed by atoms with Crippen molar-refractivity contribution in [3.63, 3.8) is 0 Å². The lowest BCUT2D eigenvalue weighted by atomic mass is 9.96. The van der Waals surface area contributed by atoms with E-state index in [9.17, 15) is 29.4 Å². The Morgan fingerprint density at radius 1 is 1.36 bits per heavy atom. The highest BCUT2D eigenvalue weighted by Crippen LogP contribution is 2.35. The van der Waals surface area contributed by atoms with Crippen LogP contribution in [0.3, 0.4) is 0 Å². The molecular weight excluding hydrogens is 386 g/mol. The van der Waals surface area contributed by atoms with E-state index in [-0.39, 0.29) is 31.1 Å². The lowest BCUT2D eigenvalue weighted by molar-refractivity contribution is -0.140. The number of fused-ring (bicyclic) bond motifs is 1. The van der Waals surface area contributed by atoms with Crippen LogP contribution in [0.4, 0.5) is 0 Å². The SMILES string of the molecule is C=CC(C(=O)O)C1=C(CC(=O)O)N2C(=O)[C@@H](NC(=O)Cc3cccs3)CN2C1. The minimum absolute atomic E-state index is 0.0919. The quantitative estimate of drug-likeness (QED) is 0.536. The van der Waals surface area contributed by atoms with Crippen molar-refractivity contribution in [3.8, 4) is 0 Å². The molecule has 1 aromatic rings. The fraction of sp³-hybridized carbons (Fsp3) is 0.333. The second-order valence-electron chi connectivity index (χ2n) is 6.47. The van der Waals surface area contributed by atoms with Crippen LogP contribution in [0.5, 0.6) is 0 Å². The molecule has 148 valence electrons. The number of hydrogen-bond donors (Lipinski definition) is 3. The van der Waals surface area contributed by atoms with Crippen molar-refractivity contribution in [1.82, 2.24) is 15.3 Å². The van der Waals surface area contributed by atoms with Crippen molar-refractivity contribution in [1.29, 1.82) is 0 Å². The molecule has 1 saturated heterocycles. The molecule has 2 atom stereocenters. The van der Waals surface area contributed by atoms with Gasteiger partial charge in [0.2, 0.25) is 5.91 Å². The molecular formula is C18H19N3O6S. The van der Waals surface area contributed by atoms with Gasteiger partial charge in [0.15, 0.2) is 0 Å². The molecule has 0 saturated carbocycles. The van der Waals surface area contributed by atoms with Crippen LogP contribution in [0.15, 0.2) is 41.4 Å². The summed E-state index contributed by atoms with van der Waals surface area (Å²) in [6.07, 6.45) is 0.876. The van der Waals surface area contributed by atoms with E-state index in [1.165, 1.54) is 22.4 Å². The number of thiophene rings is 1. The maximum Gasteiger partial charge on any atom is 0.314 e. The average molecular weight is 405 g/mol. The summed E-state index contributed by atoms with van der Waals surface area (Å²) in [5.74, 6) is -4.20. The third kappa shape index (κ3) is 3.82. The van der Waals surface area contributed by atoms with Crippen molar-refractivity contribution >= 4 is 35.1 Å². The summed E-state index contributed by atoms with van der Waals surface area (Å²) in [6, 6.07) is 2.84. The molecule has 9 nitrogen and oxygen atoms in total. The molecule has 3 heterocycles. The Morgan fingerprint density at radius 3 is 2.68 bits per heavy atom. The normalized spacial score (nSPS) is 20.2. The molecule has 0 spiro atoms. The topological polar surface area (TPSA) is 127 Å². The molecule has 1 unspecified atom stereocenters. The summed E-state index contributed by atoms with van der Waals surface area (Å²) in [4.78, 5) is 48.7. The van der Waals surface area contributed by atoms with Crippen LogP contribution in [0.2, 0.25) is 0 Å². The zero-order valence-corrected chi connectivity index (χ0v) is 15.6. The average Bonchev–Trinajstić information content (AvgIpc) is 3.29. The number of nitrogens with one attached hydrogen (secondary N) is 1. The fourth-order valence-electron chi connectivity index (χ4n) is 3.45. The van der Waals surface area contributed by atoms with E-state index in [0.717, 1.165) is 4.88 Å². The third-order valence-corrected chi connectivity index (χ3v) is 5.48. The lowest BCUT2D eigenvalue weighted by Gasteiger charge is -2.21. The van der Waals surface area contributed by atoms with Crippen LogP contribution >= 0.6 is 11.3 Å². The van der Waals surface area contributed by atoms with Crippen LogP contribution in [0.25, 0.3) is 0 Å².